The number of anilines is 1. The van der Waals surface area contributed by atoms with E-state index in [1.54, 1.807) is 30.2 Å². The third-order valence-corrected chi connectivity index (χ3v) is 7.44. The van der Waals surface area contributed by atoms with Crippen LogP contribution in [0, 0.1) is 0 Å². The summed E-state index contributed by atoms with van der Waals surface area (Å²) >= 11 is 0. The molecule has 1 aliphatic heterocycles. The monoisotopic (exact) mass is 543 g/mol. The van der Waals surface area contributed by atoms with Gasteiger partial charge in [-0.3, -0.25) is 9.59 Å². The van der Waals surface area contributed by atoms with Crippen LogP contribution in [0.2, 0.25) is 0 Å². The maximum Gasteiger partial charge on any atom is 0.254 e. The molecule has 4 aromatic rings. The molecule has 1 aromatic heterocycles. The molecule has 2 amide bonds. The zero-order valence-corrected chi connectivity index (χ0v) is 23.3. The molecule has 9 nitrogen and oxygen atoms in total. The highest BCUT2D eigenvalue weighted by Crippen LogP contribution is 2.46. The second-order valence-electron chi connectivity index (χ2n) is 9.62. The molecule has 0 aliphatic carbocycles. The van der Waals surface area contributed by atoms with Crippen molar-refractivity contribution in [1.82, 2.24) is 9.47 Å². The number of nitrogens with zero attached hydrogens (tertiary/aromatic N) is 2. The lowest BCUT2D eigenvalue weighted by molar-refractivity contribution is -0.119. The lowest BCUT2D eigenvalue weighted by Crippen LogP contribution is -2.47. The predicted molar refractivity (Wildman–Crippen MR) is 152 cm³/mol. The average molecular weight is 544 g/mol. The molecule has 3 aromatic carbocycles. The molecule has 208 valence electrons. The van der Waals surface area contributed by atoms with Crippen LogP contribution < -0.4 is 19.5 Å². The van der Waals surface area contributed by atoms with Crippen molar-refractivity contribution >= 4 is 28.4 Å². The van der Waals surface area contributed by atoms with Crippen LogP contribution in [0.25, 0.3) is 10.9 Å². The van der Waals surface area contributed by atoms with E-state index in [0.717, 1.165) is 16.5 Å². The number of amides is 2. The number of ether oxygens (including phenoxy) is 4. The molecule has 9 heteroatoms. The summed E-state index contributed by atoms with van der Waals surface area (Å²) < 4.78 is 23.8. The molecule has 2 atom stereocenters. The molecule has 5 rings (SSSR count). The average Bonchev–Trinajstić information content (AvgIpc) is 3.31. The van der Waals surface area contributed by atoms with E-state index < -0.39 is 12.0 Å². The Balaban J connectivity index is 1.67. The number of methoxy groups -OCH3 is 4. The summed E-state index contributed by atoms with van der Waals surface area (Å²) in [5, 5.41) is 4.05. The van der Waals surface area contributed by atoms with Crippen molar-refractivity contribution in [3.8, 4) is 17.2 Å². The number of rotatable bonds is 9. The van der Waals surface area contributed by atoms with Crippen molar-refractivity contribution in [2.75, 3.05) is 46.9 Å². The van der Waals surface area contributed by atoms with Crippen molar-refractivity contribution < 1.29 is 28.5 Å². The Bertz CT molecular complexity index is 1540. The smallest absolute Gasteiger partial charge is 0.254 e. The molecule has 0 saturated carbocycles. The fourth-order valence-electron chi connectivity index (χ4n) is 5.64. The van der Waals surface area contributed by atoms with Crippen molar-refractivity contribution in [3.05, 3.63) is 83.6 Å². The van der Waals surface area contributed by atoms with E-state index >= 15 is 0 Å². The number of benzene rings is 3. The largest absolute Gasteiger partial charge is 0.493 e. The van der Waals surface area contributed by atoms with Gasteiger partial charge in [0.25, 0.3) is 5.91 Å². The molecule has 1 N–H and O–H groups in total. The zero-order chi connectivity index (χ0) is 28.4. The summed E-state index contributed by atoms with van der Waals surface area (Å²) in [6, 6.07) is 18.1. The first-order chi connectivity index (χ1) is 19.4. The molecule has 1 aliphatic rings. The Hall–Kier alpha value is -4.50. The first-order valence-corrected chi connectivity index (χ1v) is 13.0. The number of fused-ring (bicyclic) bond motifs is 2. The van der Waals surface area contributed by atoms with Gasteiger partial charge in [-0.15, -0.1) is 0 Å². The van der Waals surface area contributed by atoms with E-state index in [1.165, 1.54) is 21.3 Å². The fraction of sp³-hybridized carbons (Fsp3) is 0.290. The van der Waals surface area contributed by atoms with Crippen LogP contribution in [0.1, 0.15) is 33.4 Å². The number of carbonyl (C=O) groups excluding carboxylic acids is 2. The summed E-state index contributed by atoms with van der Waals surface area (Å²) in [6.07, 6.45) is 2.01. The van der Waals surface area contributed by atoms with E-state index in [0.29, 0.717) is 47.2 Å². The summed E-state index contributed by atoms with van der Waals surface area (Å²) in [4.78, 5) is 30.0. The van der Waals surface area contributed by atoms with Gasteiger partial charge >= 0.3 is 0 Å². The van der Waals surface area contributed by atoms with Gasteiger partial charge < -0.3 is 33.7 Å². The van der Waals surface area contributed by atoms with Gasteiger partial charge in [-0.1, -0.05) is 36.4 Å². The highest BCUT2D eigenvalue weighted by Gasteiger charge is 2.45. The number of hydrogen-bond donors (Lipinski definition) is 1. The van der Waals surface area contributed by atoms with Gasteiger partial charge in [-0.25, -0.2) is 0 Å². The van der Waals surface area contributed by atoms with Crippen molar-refractivity contribution in [1.29, 1.82) is 0 Å². The number of carbonyl (C=O) groups is 2. The summed E-state index contributed by atoms with van der Waals surface area (Å²) in [6.45, 7) is 0.655. The molecular formula is C31H33N3O6. The third-order valence-electron chi connectivity index (χ3n) is 7.44. The maximum absolute atomic E-state index is 14.3. The Kier molecular flexibility index (Phi) is 7.66. The van der Waals surface area contributed by atoms with Crippen molar-refractivity contribution in [2.45, 2.75) is 12.0 Å². The number of nitrogens with one attached hydrogen (secondary N) is 1. The molecule has 0 saturated heterocycles. The maximum atomic E-state index is 14.3. The highest BCUT2D eigenvalue weighted by molar-refractivity contribution is 6.05. The third kappa shape index (κ3) is 4.62. The standard InChI is InChI=1S/C31H33N3O6/c1-33-18-23(20-10-8-9-13-24(20)33)28-27(21-11-6-7-12-22(21)31(36)34(28)14-15-37-2)30(35)32-19-16-25(38-3)29(40-5)26(17-19)39-4/h6-13,16-18,27-28H,14-15H2,1-5H3,(H,32,35). The highest BCUT2D eigenvalue weighted by atomic mass is 16.5. The van der Waals surface area contributed by atoms with E-state index in [4.69, 9.17) is 18.9 Å². The van der Waals surface area contributed by atoms with E-state index in [-0.39, 0.29) is 11.8 Å². The number of para-hydroxylation sites is 1. The molecule has 40 heavy (non-hydrogen) atoms. The Morgan fingerprint density at radius 1 is 0.900 bits per heavy atom. The van der Waals surface area contributed by atoms with Crippen LogP contribution in [0.15, 0.2) is 66.9 Å². The van der Waals surface area contributed by atoms with E-state index in [2.05, 4.69) is 5.32 Å². The van der Waals surface area contributed by atoms with Gasteiger partial charge in [-0.2, -0.15) is 0 Å². The van der Waals surface area contributed by atoms with Gasteiger partial charge in [0.2, 0.25) is 11.7 Å². The van der Waals surface area contributed by atoms with E-state index in [9.17, 15) is 9.59 Å². The number of hydrogen-bond acceptors (Lipinski definition) is 6. The van der Waals surface area contributed by atoms with Crippen LogP contribution in [0.3, 0.4) is 0 Å². The van der Waals surface area contributed by atoms with Gasteiger partial charge in [0.1, 0.15) is 0 Å². The van der Waals surface area contributed by atoms with Crippen molar-refractivity contribution in [3.63, 3.8) is 0 Å². The second kappa shape index (κ2) is 11.3. The molecule has 2 unspecified atom stereocenters. The predicted octanol–water partition coefficient (Wildman–Crippen LogP) is 4.77. The first kappa shape index (κ1) is 27.1. The number of aryl methyl sites for hydroxylation is 1. The molecular weight excluding hydrogens is 510 g/mol. The Morgan fingerprint density at radius 2 is 1.57 bits per heavy atom. The summed E-state index contributed by atoms with van der Waals surface area (Å²) in [5.74, 6) is 0.149. The van der Waals surface area contributed by atoms with Crippen LogP contribution in [-0.2, 0) is 16.6 Å². The second-order valence-corrected chi connectivity index (χ2v) is 9.62. The lowest BCUT2D eigenvalue weighted by Gasteiger charge is -2.41. The van der Waals surface area contributed by atoms with Crippen LogP contribution in [0.5, 0.6) is 17.2 Å². The number of aromatic nitrogens is 1. The topological polar surface area (TPSA) is 91.3 Å². The summed E-state index contributed by atoms with van der Waals surface area (Å²) in [7, 11) is 8.14. The normalized spacial score (nSPS) is 16.5. The van der Waals surface area contributed by atoms with Crippen LogP contribution in [-0.4, -0.2) is 62.9 Å². The molecule has 0 radical (unpaired) electrons. The zero-order valence-electron chi connectivity index (χ0n) is 23.3. The molecule has 0 bridgehead atoms. The van der Waals surface area contributed by atoms with Crippen LogP contribution in [0.4, 0.5) is 5.69 Å². The van der Waals surface area contributed by atoms with Gasteiger partial charge in [-0.05, 0) is 17.7 Å². The SMILES string of the molecule is COCCN1C(=O)c2ccccc2C(C(=O)Nc2cc(OC)c(OC)c(OC)c2)C1c1cn(C)c2ccccc12. The quantitative estimate of drug-likeness (QED) is 0.327. The van der Waals surface area contributed by atoms with E-state index in [1.807, 2.05) is 60.3 Å². The van der Waals surface area contributed by atoms with Gasteiger partial charge in [0.15, 0.2) is 11.5 Å². The minimum absolute atomic E-state index is 0.137. The molecule has 2 heterocycles. The lowest BCUT2D eigenvalue weighted by atomic mass is 9.79. The molecule has 0 spiro atoms. The minimum atomic E-state index is -0.712. The minimum Gasteiger partial charge on any atom is -0.493 e. The first-order valence-electron chi connectivity index (χ1n) is 13.0. The molecule has 0 fully saturated rings. The van der Waals surface area contributed by atoms with Crippen LogP contribution >= 0.6 is 0 Å². The Morgan fingerprint density at radius 3 is 2.25 bits per heavy atom. The fourth-order valence-corrected chi connectivity index (χ4v) is 5.64. The van der Waals surface area contributed by atoms with Crippen molar-refractivity contribution in [2.24, 2.45) is 7.05 Å². The van der Waals surface area contributed by atoms with Gasteiger partial charge in [0.05, 0.1) is 39.9 Å². The Labute approximate surface area is 233 Å². The summed E-state index contributed by atoms with van der Waals surface area (Å²) in [5.41, 5.74) is 3.56. The van der Waals surface area contributed by atoms with Gasteiger partial charge in [0, 0.05) is 66.7 Å².